The van der Waals surface area contributed by atoms with Gasteiger partial charge in [-0.3, -0.25) is 4.98 Å². The van der Waals surface area contributed by atoms with Crippen LogP contribution in [0.2, 0.25) is 0 Å². The lowest BCUT2D eigenvalue weighted by atomic mass is 10.3. The van der Waals surface area contributed by atoms with Crippen molar-refractivity contribution in [3.63, 3.8) is 0 Å². The summed E-state index contributed by atoms with van der Waals surface area (Å²) in [4.78, 5) is 8.31. The zero-order chi connectivity index (χ0) is 10.7. The van der Waals surface area contributed by atoms with Gasteiger partial charge in [0.05, 0.1) is 7.11 Å². The second-order valence-electron chi connectivity index (χ2n) is 2.95. The average Bonchev–Trinajstić information content (AvgIpc) is 2.78. The van der Waals surface area contributed by atoms with Gasteiger partial charge in [0.2, 0.25) is 0 Å². The summed E-state index contributed by atoms with van der Waals surface area (Å²) in [6.07, 6.45) is 2.39. The first-order valence-corrected chi connectivity index (χ1v) is 4.66. The van der Waals surface area contributed by atoms with Crippen LogP contribution >= 0.6 is 0 Å². The third-order valence-electron chi connectivity index (χ3n) is 1.97. The maximum atomic E-state index is 5.08. The van der Waals surface area contributed by atoms with Gasteiger partial charge in [-0.15, -0.1) is 0 Å². The molecule has 5 nitrogen and oxygen atoms in total. The third kappa shape index (κ3) is 1.96. The fourth-order valence-electron chi connectivity index (χ4n) is 1.16. The van der Waals surface area contributed by atoms with Crippen molar-refractivity contribution < 1.29 is 9.26 Å². The molecule has 0 unspecified atom stereocenters. The number of hydrogen-bond donors (Lipinski definition) is 0. The van der Waals surface area contributed by atoms with E-state index < -0.39 is 0 Å². The van der Waals surface area contributed by atoms with Crippen molar-refractivity contribution in [1.82, 2.24) is 15.1 Å². The third-order valence-corrected chi connectivity index (χ3v) is 1.97. The highest BCUT2D eigenvalue weighted by Crippen LogP contribution is 2.19. The van der Waals surface area contributed by atoms with E-state index >= 15 is 0 Å². The predicted octanol–water partition coefficient (Wildman–Crippen LogP) is 1.70. The molecular formula is C10H11N3O2. The summed E-state index contributed by atoms with van der Waals surface area (Å²) in [6, 6.07) is 3.52. The van der Waals surface area contributed by atoms with Crippen molar-refractivity contribution in [1.29, 1.82) is 0 Å². The lowest BCUT2D eigenvalue weighted by molar-refractivity contribution is 0.411. The van der Waals surface area contributed by atoms with Crippen molar-refractivity contribution in [3.8, 4) is 17.3 Å². The molecule has 0 saturated heterocycles. The highest BCUT2D eigenvalue weighted by molar-refractivity contribution is 5.49. The first-order valence-electron chi connectivity index (χ1n) is 4.66. The number of rotatable bonds is 3. The number of nitrogens with zero attached hydrogens (tertiary/aromatic N) is 3. The fraction of sp³-hybridized carbons (Fsp3) is 0.300. The van der Waals surface area contributed by atoms with Crippen LogP contribution in [0, 0.1) is 0 Å². The van der Waals surface area contributed by atoms with Crippen LogP contribution < -0.4 is 4.74 Å². The van der Waals surface area contributed by atoms with E-state index in [1.807, 2.05) is 6.92 Å². The number of aromatic nitrogens is 3. The van der Waals surface area contributed by atoms with Crippen molar-refractivity contribution >= 4 is 0 Å². The molecule has 0 aromatic carbocycles. The van der Waals surface area contributed by atoms with Gasteiger partial charge in [0.25, 0.3) is 5.89 Å². The van der Waals surface area contributed by atoms with Gasteiger partial charge in [0.1, 0.15) is 11.4 Å². The molecule has 2 aromatic heterocycles. The molecule has 15 heavy (non-hydrogen) atoms. The Hall–Kier alpha value is -1.91. The number of aryl methyl sites for hydroxylation is 1. The summed E-state index contributed by atoms with van der Waals surface area (Å²) in [6.45, 7) is 1.97. The van der Waals surface area contributed by atoms with Crippen molar-refractivity contribution in [2.45, 2.75) is 13.3 Å². The minimum Gasteiger partial charge on any atom is -0.497 e. The van der Waals surface area contributed by atoms with Gasteiger partial charge in [0, 0.05) is 18.7 Å². The summed E-state index contributed by atoms with van der Waals surface area (Å²) < 4.78 is 10.1. The number of ether oxygens (including phenoxy) is 1. The Morgan fingerprint density at radius 1 is 1.47 bits per heavy atom. The summed E-state index contributed by atoms with van der Waals surface area (Å²) >= 11 is 0. The molecule has 0 bridgehead atoms. The Kier molecular flexibility index (Phi) is 2.62. The Morgan fingerprint density at radius 2 is 2.33 bits per heavy atom. The van der Waals surface area contributed by atoms with Crippen LogP contribution in [-0.2, 0) is 6.42 Å². The highest BCUT2D eigenvalue weighted by atomic mass is 16.5. The zero-order valence-electron chi connectivity index (χ0n) is 8.60. The van der Waals surface area contributed by atoms with E-state index in [0.29, 0.717) is 17.4 Å². The van der Waals surface area contributed by atoms with E-state index in [0.717, 1.165) is 12.2 Å². The van der Waals surface area contributed by atoms with Crippen LogP contribution in [0.25, 0.3) is 11.6 Å². The molecule has 0 atom stereocenters. The topological polar surface area (TPSA) is 61.0 Å². The van der Waals surface area contributed by atoms with E-state index in [-0.39, 0.29) is 0 Å². The summed E-state index contributed by atoms with van der Waals surface area (Å²) in [5.74, 6) is 1.82. The summed E-state index contributed by atoms with van der Waals surface area (Å²) in [5.41, 5.74) is 0.626. The van der Waals surface area contributed by atoms with Gasteiger partial charge >= 0.3 is 0 Å². The second-order valence-corrected chi connectivity index (χ2v) is 2.95. The quantitative estimate of drug-likeness (QED) is 0.763. The first-order chi connectivity index (χ1) is 7.33. The smallest absolute Gasteiger partial charge is 0.276 e. The van der Waals surface area contributed by atoms with E-state index in [1.54, 1.807) is 25.4 Å². The first kappa shape index (κ1) is 9.64. The lowest BCUT2D eigenvalue weighted by Crippen LogP contribution is -1.87. The summed E-state index contributed by atoms with van der Waals surface area (Å²) in [5, 5.41) is 3.80. The molecule has 0 aliphatic heterocycles. The molecule has 78 valence electrons. The minimum absolute atomic E-state index is 0.422. The molecule has 2 rings (SSSR count). The SMILES string of the molecule is CCc1noc(-c2cc(OC)ccn2)n1. The number of pyridine rings is 1. The van der Waals surface area contributed by atoms with Crippen LogP contribution in [0.1, 0.15) is 12.7 Å². The van der Waals surface area contributed by atoms with Crippen LogP contribution in [0.5, 0.6) is 5.75 Å². The van der Waals surface area contributed by atoms with Gasteiger partial charge in [0.15, 0.2) is 5.82 Å². The Balaban J connectivity index is 2.35. The Labute approximate surface area is 87.1 Å². The van der Waals surface area contributed by atoms with Crippen LogP contribution in [0.3, 0.4) is 0 Å². The maximum Gasteiger partial charge on any atom is 0.276 e. The van der Waals surface area contributed by atoms with Crippen LogP contribution in [-0.4, -0.2) is 22.2 Å². The molecule has 0 aliphatic rings. The fourth-order valence-corrected chi connectivity index (χ4v) is 1.16. The minimum atomic E-state index is 0.422. The van der Waals surface area contributed by atoms with Crippen molar-refractivity contribution in [2.75, 3.05) is 7.11 Å². The largest absolute Gasteiger partial charge is 0.497 e. The monoisotopic (exact) mass is 205 g/mol. The van der Waals surface area contributed by atoms with E-state index in [9.17, 15) is 0 Å². The van der Waals surface area contributed by atoms with Gasteiger partial charge in [-0.25, -0.2) is 0 Å². The highest BCUT2D eigenvalue weighted by Gasteiger charge is 2.09. The predicted molar refractivity (Wildman–Crippen MR) is 53.5 cm³/mol. The van der Waals surface area contributed by atoms with Gasteiger partial charge < -0.3 is 9.26 Å². The molecule has 0 fully saturated rings. The molecule has 0 aliphatic carbocycles. The van der Waals surface area contributed by atoms with Crippen LogP contribution in [0.15, 0.2) is 22.9 Å². The lowest BCUT2D eigenvalue weighted by Gasteiger charge is -1.98. The second kappa shape index (κ2) is 4.08. The molecule has 2 aromatic rings. The molecule has 0 radical (unpaired) electrons. The zero-order valence-corrected chi connectivity index (χ0v) is 8.60. The normalized spacial score (nSPS) is 10.3. The van der Waals surface area contributed by atoms with E-state index in [2.05, 4.69) is 15.1 Å². The Morgan fingerprint density at radius 3 is 3.00 bits per heavy atom. The number of methoxy groups -OCH3 is 1. The number of hydrogen-bond acceptors (Lipinski definition) is 5. The van der Waals surface area contributed by atoms with Crippen molar-refractivity contribution in [2.24, 2.45) is 0 Å². The van der Waals surface area contributed by atoms with Gasteiger partial charge in [-0.05, 0) is 6.07 Å². The average molecular weight is 205 g/mol. The molecule has 5 heteroatoms. The molecular weight excluding hydrogens is 194 g/mol. The Bertz CT molecular complexity index is 453. The molecule has 0 saturated carbocycles. The summed E-state index contributed by atoms with van der Waals surface area (Å²) in [7, 11) is 1.60. The van der Waals surface area contributed by atoms with Gasteiger partial charge in [-0.1, -0.05) is 12.1 Å². The van der Waals surface area contributed by atoms with E-state index in [1.165, 1.54) is 0 Å². The van der Waals surface area contributed by atoms with Gasteiger partial charge in [-0.2, -0.15) is 4.98 Å². The van der Waals surface area contributed by atoms with Crippen LogP contribution in [0.4, 0.5) is 0 Å². The van der Waals surface area contributed by atoms with Crippen molar-refractivity contribution in [3.05, 3.63) is 24.2 Å². The molecule has 0 spiro atoms. The molecule has 0 amide bonds. The molecule has 2 heterocycles. The molecule has 0 N–H and O–H groups in total. The van der Waals surface area contributed by atoms with E-state index in [4.69, 9.17) is 9.26 Å². The maximum absolute atomic E-state index is 5.08. The standard InChI is InChI=1S/C10H11N3O2/c1-3-9-12-10(15-13-9)8-6-7(14-2)4-5-11-8/h4-6H,3H2,1-2H3.